The Morgan fingerprint density at radius 3 is 2.53 bits per heavy atom. The van der Waals surface area contributed by atoms with Crippen LogP contribution in [0, 0.1) is 12.7 Å². The van der Waals surface area contributed by atoms with Crippen LogP contribution in [0.2, 0.25) is 0 Å². The van der Waals surface area contributed by atoms with Crippen LogP contribution in [0.3, 0.4) is 0 Å². The topological polar surface area (TPSA) is 50.6 Å². The van der Waals surface area contributed by atoms with Gasteiger partial charge in [0.25, 0.3) is 5.91 Å². The number of halogens is 1. The van der Waals surface area contributed by atoms with Gasteiger partial charge in [-0.15, -0.1) is 0 Å². The summed E-state index contributed by atoms with van der Waals surface area (Å²) in [5.41, 5.74) is 2.50. The summed E-state index contributed by atoms with van der Waals surface area (Å²) in [7, 11) is 0. The predicted molar refractivity (Wildman–Crippen MR) is 121 cm³/mol. The lowest BCUT2D eigenvalue weighted by Crippen LogP contribution is -2.48. The first-order valence-electron chi connectivity index (χ1n) is 11.0. The van der Waals surface area contributed by atoms with Crippen molar-refractivity contribution in [3.8, 4) is 5.69 Å². The zero-order valence-electron chi connectivity index (χ0n) is 18.6. The summed E-state index contributed by atoms with van der Waals surface area (Å²) in [5.74, 6) is -0.478. The molecule has 1 atom stereocenters. The first-order chi connectivity index (χ1) is 15.5. The van der Waals surface area contributed by atoms with Gasteiger partial charge >= 0.3 is 0 Å². The van der Waals surface area contributed by atoms with Crippen LogP contribution in [0.25, 0.3) is 5.69 Å². The number of carbonyl (C=O) groups is 1. The molecular weight excluding hydrogens is 407 g/mol. The molecule has 7 heteroatoms. The summed E-state index contributed by atoms with van der Waals surface area (Å²) in [6, 6.07) is 16.4. The Bertz CT molecular complexity index is 1050. The van der Waals surface area contributed by atoms with Gasteiger partial charge < -0.3 is 9.64 Å². The van der Waals surface area contributed by atoms with E-state index in [2.05, 4.69) is 16.9 Å². The molecule has 168 valence electrons. The number of rotatable bonds is 7. The van der Waals surface area contributed by atoms with Crippen LogP contribution in [0.1, 0.15) is 28.5 Å². The summed E-state index contributed by atoms with van der Waals surface area (Å²) < 4.78 is 21.3. The number of hydrogen-bond donors (Lipinski definition) is 0. The van der Waals surface area contributed by atoms with Crippen molar-refractivity contribution in [1.82, 2.24) is 19.6 Å². The number of ether oxygens (including phenoxy) is 1. The molecule has 6 nitrogen and oxygen atoms in total. The molecule has 4 rings (SSSR count). The molecule has 0 radical (unpaired) electrons. The van der Waals surface area contributed by atoms with Crippen molar-refractivity contribution in [2.45, 2.75) is 26.4 Å². The average molecular weight is 437 g/mol. The van der Waals surface area contributed by atoms with E-state index in [-0.39, 0.29) is 17.8 Å². The number of carbonyl (C=O) groups excluding carboxylic acids is 1. The molecule has 1 amide bonds. The van der Waals surface area contributed by atoms with E-state index in [9.17, 15) is 9.18 Å². The van der Waals surface area contributed by atoms with Gasteiger partial charge in [-0.3, -0.25) is 9.69 Å². The number of nitrogens with zero attached hydrogens (tertiary/aromatic N) is 4. The number of benzene rings is 2. The fourth-order valence-corrected chi connectivity index (χ4v) is 4.10. The molecule has 2 heterocycles. The number of hydrogen-bond acceptors (Lipinski definition) is 4. The largest absolute Gasteiger partial charge is 0.379 e. The number of amides is 1. The number of aromatic nitrogens is 2. The first-order valence-corrected chi connectivity index (χ1v) is 11.0. The highest BCUT2D eigenvalue weighted by molar-refractivity contribution is 5.95. The SMILES string of the molecule is Cc1c(C(=O)N(Cc2ccccc2)C(C)CN2CCOCC2)cnn1-c1ccccc1F. The molecule has 3 aromatic rings. The second-order valence-electron chi connectivity index (χ2n) is 8.19. The Labute approximate surface area is 188 Å². The molecule has 1 aliphatic rings. The maximum absolute atomic E-state index is 14.3. The lowest BCUT2D eigenvalue weighted by molar-refractivity contribution is 0.0228. The molecule has 32 heavy (non-hydrogen) atoms. The van der Waals surface area contributed by atoms with Gasteiger partial charge in [-0.1, -0.05) is 42.5 Å². The number of morpholine rings is 1. The van der Waals surface area contributed by atoms with Gasteiger partial charge in [0, 0.05) is 32.2 Å². The van der Waals surface area contributed by atoms with E-state index in [0.29, 0.717) is 36.7 Å². The Morgan fingerprint density at radius 1 is 1.12 bits per heavy atom. The van der Waals surface area contributed by atoms with Crippen LogP contribution in [-0.4, -0.2) is 64.4 Å². The van der Waals surface area contributed by atoms with Crippen LogP contribution in [0.15, 0.2) is 60.8 Å². The van der Waals surface area contributed by atoms with E-state index < -0.39 is 0 Å². The Morgan fingerprint density at radius 2 is 1.81 bits per heavy atom. The van der Waals surface area contributed by atoms with E-state index >= 15 is 0 Å². The van der Waals surface area contributed by atoms with Crippen LogP contribution in [-0.2, 0) is 11.3 Å². The molecule has 0 aliphatic carbocycles. The summed E-state index contributed by atoms with van der Waals surface area (Å²) in [6.45, 7) is 8.30. The molecule has 1 fully saturated rings. The standard InChI is InChI=1S/C25H29FN4O2/c1-19(17-28-12-14-32-15-13-28)29(18-21-8-4-3-5-9-21)25(31)22-16-27-30(20(22)2)24-11-7-6-10-23(24)26/h3-11,16,19H,12-15,17-18H2,1-2H3. The summed E-state index contributed by atoms with van der Waals surface area (Å²) in [6.07, 6.45) is 1.55. The van der Waals surface area contributed by atoms with Crippen molar-refractivity contribution in [3.05, 3.63) is 83.4 Å². The lowest BCUT2D eigenvalue weighted by atomic mass is 10.1. The molecule has 1 saturated heterocycles. The summed E-state index contributed by atoms with van der Waals surface area (Å²) >= 11 is 0. The summed E-state index contributed by atoms with van der Waals surface area (Å²) in [5, 5.41) is 4.33. The Kier molecular flexibility index (Phi) is 6.97. The highest BCUT2D eigenvalue weighted by atomic mass is 19.1. The van der Waals surface area contributed by atoms with Crippen LogP contribution >= 0.6 is 0 Å². The molecule has 1 aliphatic heterocycles. The molecule has 1 unspecified atom stereocenters. The molecule has 0 bridgehead atoms. The van der Waals surface area contributed by atoms with Gasteiger partial charge in [-0.25, -0.2) is 9.07 Å². The third-order valence-electron chi connectivity index (χ3n) is 5.94. The van der Waals surface area contributed by atoms with Gasteiger partial charge in [0.1, 0.15) is 11.5 Å². The second kappa shape index (κ2) is 10.1. The molecule has 0 N–H and O–H groups in total. The predicted octanol–water partition coefficient (Wildman–Crippen LogP) is 3.68. The highest BCUT2D eigenvalue weighted by Gasteiger charge is 2.27. The zero-order chi connectivity index (χ0) is 22.5. The van der Waals surface area contributed by atoms with E-state index in [0.717, 1.165) is 25.2 Å². The lowest BCUT2D eigenvalue weighted by Gasteiger charge is -2.35. The molecule has 1 aromatic heterocycles. The quantitative estimate of drug-likeness (QED) is 0.567. The molecule has 0 spiro atoms. The van der Waals surface area contributed by atoms with Crippen LogP contribution in [0.5, 0.6) is 0 Å². The van der Waals surface area contributed by atoms with E-state index in [4.69, 9.17) is 4.74 Å². The van der Waals surface area contributed by atoms with Gasteiger partial charge in [0.15, 0.2) is 0 Å². The Hall–Kier alpha value is -3.03. The molecule has 0 saturated carbocycles. The van der Waals surface area contributed by atoms with Gasteiger partial charge in [0.2, 0.25) is 0 Å². The van der Waals surface area contributed by atoms with E-state index in [1.807, 2.05) is 35.2 Å². The fraction of sp³-hybridized carbons (Fsp3) is 0.360. The maximum Gasteiger partial charge on any atom is 0.257 e. The smallest absolute Gasteiger partial charge is 0.257 e. The number of para-hydroxylation sites is 1. The molecule has 2 aromatic carbocycles. The monoisotopic (exact) mass is 436 g/mol. The minimum absolute atomic E-state index is 0.0167. The molecular formula is C25H29FN4O2. The van der Waals surface area contributed by atoms with Crippen molar-refractivity contribution in [3.63, 3.8) is 0 Å². The van der Waals surface area contributed by atoms with E-state index in [1.54, 1.807) is 31.3 Å². The zero-order valence-corrected chi connectivity index (χ0v) is 18.6. The first kappa shape index (κ1) is 22.2. The second-order valence-corrected chi connectivity index (χ2v) is 8.19. The van der Waals surface area contributed by atoms with Crippen LogP contribution in [0.4, 0.5) is 4.39 Å². The van der Waals surface area contributed by atoms with Crippen molar-refractivity contribution >= 4 is 5.91 Å². The van der Waals surface area contributed by atoms with Gasteiger partial charge in [0.05, 0.1) is 30.7 Å². The minimum atomic E-state index is -0.375. The van der Waals surface area contributed by atoms with Crippen molar-refractivity contribution in [1.29, 1.82) is 0 Å². The van der Waals surface area contributed by atoms with Crippen LogP contribution < -0.4 is 0 Å². The van der Waals surface area contributed by atoms with Gasteiger partial charge in [-0.05, 0) is 31.5 Å². The third-order valence-corrected chi connectivity index (χ3v) is 5.94. The van der Waals surface area contributed by atoms with Crippen molar-refractivity contribution < 1.29 is 13.9 Å². The third kappa shape index (κ3) is 4.89. The highest BCUT2D eigenvalue weighted by Crippen LogP contribution is 2.21. The maximum atomic E-state index is 14.3. The van der Waals surface area contributed by atoms with Crippen molar-refractivity contribution in [2.75, 3.05) is 32.8 Å². The van der Waals surface area contributed by atoms with E-state index in [1.165, 1.54) is 10.7 Å². The average Bonchev–Trinajstić information content (AvgIpc) is 3.19. The van der Waals surface area contributed by atoms with Gasteiger partial charge in [-0.2, -0.15) is 5.10 Å². The Balaban J connectivity index is 1.61. The van der Waals surface area contributed by atoms with Crippen molar-refractivity contribution in [2.24, 2.45) is 0 Å². The normalized spacial score (nSPS) is 15.5. The minimum Gasteiger partial charge on any atom is -0.379 e. The summed E-state index contributed by atoms with van der Waals surface area (Å²) in [4.78, 5) is 17.9. The fourth-order valence-electron chi connectivity index (χ4n) is 4.10.